The van der Waals surface area contributed by atoms with Crippen LogP contribution in [0.3, 0.4) is 0 Å². The second-order valence-electron chi connectivity index (χ2n) is 7.15. The van der Waals surface area contributed by atoms with Crippen molar-refractivity contribution in [3.63, 3.8) is 0 Å². The number of benzene rings is 3. The first-order chi connectivity index (χ1) is 13.6. The van der Waals surface area contributed by atoms with Gasteiger partial charge in [0.05, 0.1) is 11.4 Å². The molecule has 0 amide bonds. The van der Waals surface area contributed by atoms with Gasteiger partial charge in [-0.15, -0.1) is 0 Å². The number of aromatic nitrogens is 1. The van der Waals surface area contributed by atoms with E-state index in [2.05, 4.69) is 60.9 Å². The molecule has 138 valence electrons. The first kappa shape index (κ1) is 18.0. The van der Waals surface area contributed by atoms with Gasteiger partial charge in [-0.3, -0.25) is 4.79 Å². The topological polar surface area (TPSA) is 22.0 Å². The Bertz CT molecular complexity index is 1190. The predicted molar refractivity (Wildman–Crippen MR) is 117 cm³/mol. The van der Waals surface area contributed by atoms with Gasteiger partial charge < -0.3 is 4.57 Å². The van der Waals surface area contributed by atoms with E-state index in [1.54, 1.807) is 6.07 Å². The van der Waals surface area contributed by atoms with Gasteiger partial charge in [-0.1, -0.05) is 72.8 Å². The third kappa shape index (κ3) is 3.07. The largest absolute Gasteiger partial charge is 0.308 e. The van der Waals surface area contributed by atoms with E-state index in [1.807, 2.05) is 43.3 Å². The Morgan fingerprint density at radius 1 is 0.643 bits per heavy atom. The number of rotatable bonds is 3. The summed E-state index contributed by atoms with van der Waals surface area (Å²) in [5.74, 6) is 0. The van der Waals surface area contributed by atoms with Gasteiger partial charge in [0.15, 0.2) is 5.43 Å². The molecule has 0 fully saturated rings. The Kier molecular flexibility index (Phi) is 4.70. The zero-order valence-corrected chi connectivity index (χ0v) is 16.4. The lowest BCUT2D eigenvalue weighted by molar-refractivity contribution is 1.02. The molecule has 2 nitrogen and oxygen atoms in total. The summed E-state index contributed by atoms with van der Waals surface area (Å²) in [6.45, 7) is 6.18. The summed E-state index contributed by atoms with van der Waals surface area (Å²) in [6.07, 6.45) is 0. The third-order valence-electron chi connectivity index (χ3n) is 5.39. The minimum absolute atomic E-state index is 0.0549. The molecule has 0 saturated heterocycles. The van der Waals surface area contributed by atoms with Gasteiger partial charge in [0.25, 0.3) is 0 Å². The molecule has 0 aliphatic carbocycles. The molecule has 2 heteroatoms. The van der Waals surface area contributed by atoms with Crippen molar-refractivity contribution < 1.29 is 0 Å². The molecular formula is C26H23NO. The molecule has 3 aromatic carbocycles. The smallest absolute Gasteiger partial charge is 0.185 e. The van der Waals surface area contributed by atoms with Crippen molar-refractivity contribution in [2.24, 2.45) is 0 Å². The Labute approximate surface area is 165 Å². The standard InChI is InChI=1S/C26H23NO/c1-18-11-10-16-23(19(18)2)27-24(21-12-6-4-7-13-21)17-25(28)20(3)26(27)22-14-8-5-9-15-22/h4-17H,1-3H3. The van der Waals surface area contributed by atoms with E-state index < -0.39 is 0 Å². The monoisotopic (exact) mass is 365 g/mol. The lowest BCUT2D eigenvalue weighted by Gasteiger charge is -2.23. The fraction of sp³-hybridized carbons (Fsp3) is 0.115. The molecule has 0 saturated carbocycles. The molecule has 0 unspecified atom stereocenters. The normalized spacial score (nSPS) is 10.8. The van der Waals surface area contributed by atoms with Crippen molar-refractivity contribution in [3.05, 3.63) is 112 Å². The van der Waals surface area contributed by atoms with Crippen LogP contribution in [0, 0.1) is 20.8 Å². The summed E-state index contributed by atoms with van der Waals surface area (Å²) in [5, 5.41) is 0. The molecule has 4 rings (SSSR count). The van der Waals surface area contributed by atoms with Crippen LogP contribution in [-0.2, 0) is 0 Å². The summed E-state index contributed by atoms with van der Waals surface area (Å²) in [4.78, 5) is 12.9. The maximum absolute atomic E-state index is 12.9. The number of hydrogen-bond donors (Lipinski definition) is 0. The molecule has 1 aromatic heterocycles. The SMILES string of the molecule is Cc1cccc(-n2c(-c3ccccc3)cc(=O)c(C)c2-c2ccccc2)c1C. The minimum atomic E-state index is 0.0549. The average Bonchev–Trinajstić information content (AvgIpc) is 2.73. The van der Waals surface area contributed by atoms with Crippen molar-refractivity contribution in [1.29, 1.82) is 0 Å². The molecule has 0 bridgehead atoms. The van der Waals surface area contributed by atoms with E-state index in [1.165, 1.54) is 11.1 Å². The van der Waals surface area contributed by atoms with Crippen LogP contribution in [0.4, 0.5) is 0 Å². The van der Waals surface area contributed by atoms with Gasteiger partial charge >= 0.3 is 0 Å². The van der Waals surface area contributed by atoms with Gasteiger partial charge in [0, 0.05) is 17.3 Å². The summed E-state index contributed by atoms with van der Waals surface area (Å²) in [6, 6.07) is 28.4. The van der Waals surface area contributed by atoms with Gasteiger partial charge in [-0.2, -0.15) is 0 Å². The molecule has 4 aromatic rings. The van der Waals surface area contributed by atoms with Gasteiger partial charge in [-0.25, -0.2) is 0 Å². The van der Waals surface area contributed by atoms with E-state index in [4.69, 9.17) is 0 Å². The highest BCUT2D eigenvalue weighted by Gasteiger charge is 2.18. The zero-order valence-electron chi connectivity index (χ0n) is 16.4. The molecule has 0 aliphatic rings. The summed E-state index contributed by atoms with van der Waals surface area (Å²) >= 11 is 0. The molecule has 0 atom stereocenters. The van der Waals surface area contributed by atoms with Crippen LogP contribution in [0.1, 0.15) is 16.7 Å². The van der Waals surface area contributed by atoms with Crippen LogP contribution in [0.15, 0.2) is 89.7 Å². The predicted octanol–water partition coefficient (Wildman–Crippen LogP) is 6.10. The van der Waals surface area contributed by atoms with Crippen LogP contribution >= 0.6 is 0 Å². The molecule has 0 radical (unpaired) electrons. The Morgan fingerprint density at radius 3 is 1.89 bits per heavy atom. The second-order valence-corrected chi connectivity index (χ2v) is 7.15. The number of hydrogen-bond acceptors (Lipinski definition) is 1. The maximum Gasteiger partial charge on any atom is 0.185 e. The molecule has 1 heterocycles. The van der Waals surface area contributed by atoms with Crippen molar-refractivity contribution in [3.8, 4) is 28.2 Å². The Balaban J connectivity index is 2.19. The minimum Gasteiger partial charge on any atom is -0.308 e. The van der Waals surface area contributed by atoms with Gasteiger partial charge in [0.1, 0.15) is 0 Å². The molecule has 28 heavy (non-hydrogen) atoms. The van der Waals surface area contributed by atoms with E-state index in [-0.39, 0.29) is 5.43 Å². The van der Waals surface area contributed by atoms with E-state index >= 15 is 0 Å². The summed E-state index contributed by atoms with van der Waals surface area (Å²) in [5.41, 5.74) is 8.26. The van der Waals surface area contributed by atoms with Gasteiger partial charge in [-0.05, 0) is 49.1 Å². The molecule has 0 N–H and O–H groups in total. The van der Waals surface area contributed by atoms with Crippen molar-refractivity contribution in [2.75, 3.05) is 0 Å². The Morgan fingerprint density at radius 2 is 1.25 bits per heavy atom. The first-order valence-electron chi connectivity index (χ1n) is 9.52. The number of aryl methyl sites for hydroxylation is 1. The number of pyridine rings is 1. The lowest BCUT2D eigenvalue weighted by Crippen LogP contribution is -2.16. The quantitative estimate of drug-likeness (QED) is 0.430. The number of nitrogens with zero attached hydrogens (tertiary/aromatic N) is 1. The van der Waals surface area contributed by atoms with E-state index in [9.17, 15) is 4.79 Å². The van der Waals surface area contributed by atoms with Crippen molar-refractivity contribution in [1.82, 2.24) is 4.57 Å². The van der Waals surface area contributed by atoms with E-state index in [0.717, 1.165) is 33.8 Å². The van der Waals surface area contributed by atoms with Crippen LogP contribution in [0.5, 0.6) is 0 Å². The van der Waals surface area contributed by atoms with Crippen LogP contribution in [-0.4, -0.2) is 4.57 Å². The molecule has 0 spiro atoms. The highest BCUT2D eigenvalue weighted by atomic mass is 16.1. The average molecular weight is 365 g/mol. The summed E-state index contributed by atoms with van der Waals surface area (Å²) in [7, 11) is 0. The zero-order chi connectivity index (χ0) is 19.7. The molecule has 0 aliphatic heterocycles. The fourth-order valence-electron chi connectivity index (χ4n) is 3.69. The van der Waals surface area contributed by atoms with Crippen molar-refractivity contribution in [2.45, 2.75) is 20.8 Å². The summed E-state index contributed by atoms with van der Waals surface area (Å²) < 4.78 is 2.24. The van der Waals surface area contributed by atoms with Crippen LogP contribution in [0.2, 0.25) is 0 Å². The lowest BCUT2D eigenvalue weighted by atomic mass is 10.00. The molecular weight excluding hydrogens is 342 g/mol. The second kappa shape index (κ2) is 7.32. The van der Waals surface area contributed by atoms with Crippen molar-refractivity contribution >= 4 is 0 Å². The van der Waals surface area contributed by atoms with Gasteiger partial charge in [0.2, 0.25) is 0 Å². The first-order valence-corrected chi connectivity index (χ1v) is 9.52. The third-order valence-corrected chi connectivity index (χ3v) is 5.39. The fourth-order valence-corrected chi connectivity index (χ4v) is 3.69. The maximum atomic E-state index is 12.9. The Hall–Kier alpha value is -3.39. The van der Waals surface area contributed by atoms with Crippen LogP contribution < -0.4 is 5.43 Å². The van der Waals surface area contributed by atoms with E-state index in [0.29, 0.717) is 0 Å². The van der Waals surface area contributed by atoms with Crippen LogP contribution in [0.25, 0.3) is 28.2 Å². The highest BCUT2D eigenvalue weighted by molar-refractivity contribution is 5.74. The highest BCUT2D eigenvalue weighted by Crippen LogP contribution is 2.33.